The minimum absolute atomic E-state index is 1.03. The molecule has 1 aromatic heterocycles. The minimum atomic E-state index is 1.03. The number of pyridine rings is 1. The van der Waals surface area contributed by atoms with Crippen LogP contribution in [0.1, 0.15) is 42.7 Å². The molecule has 3 aromatic rings. The quantitative estimate of drug-likeness (QED) is 0.583. The van der Waals surface area contributed by atoms with Gasteiger partial charge in [-0.15, -0.1) is 0 Å². The molecule has 23 heavy (non-hydrogen) atoms. The molecule has 3 rings (SSSR count). The third-order valence-electron chi connectivity index (χ3n) is 4.59. The van der Waals surface area contributed by atoms with Gasteiger partial charge < -0.3 is 0 Å². The molecule has 0 spiro atoms. The van der Waals surface area contributed by atoms with Crippen LogP contribution in [0.4, 0.5) is 0 Å². The zero-order chi connectivity index (χ0) is 16.1. The first-order valence-corrected chi connectivity index (χ1v) is 8.75. The predicted octanol–water partition coefficient (Wildman–Crippen LogP) is 5.53. The van der Waals surface area contributed by atoms with Gasteiger partial charge in [-0.1, -0.05) is 62.7 Å². The van der Waals surface area contributed by atoms with E-state index in [1.165, 1.54) is 39.6 Å². The van der Waals surface area contributed by atoms with E-state index in [0.29, 0.717) is 0 Å². The molecule has 1 heterocycles. The minimum Gasteiger partial charge on any atom is -0.261 e. The molecule has 0 saturated carbocycles. The molecule has 0 atom stereocenters. The lowest BCUT2D eigenvalue weighted by atomic mass is 9.96. The summed E-state index contributed by atoms with van der Waals surface area (Å²) >= 11 is 0. The summed E-state index contributed by atoms with van der Waals surface area (Å²) in [5, 5.41) is 2.64. The van der Waals surface area contributed by atoms with Crippen molar-refractivity contribution in [2.75, 3.05) is 0 Å². The lowest BCUT2D eigenvalue weighted by Gasteiger charge is -2.12. The van der Waals surface area contributed by atoms with Gasteiger partial charge in [0.2, 0.25) is 0 Å². The molecular weight excluding hydrogens is 278 g/mol. The molecule has 0 amide bonds. The van der Waals surface area contributed by atoms with Crippen LogP contribution in [0.3, 0.4) is 0 Å². The number of rotatable bonds is 6. The van der Waals surface area contributed by atoms with Crippen LogP contribution >= 0.6 is 0 Å². The van der Waals surface area contributed by atoms with Gasteiger partial charge in [0, 0.05) is 11.9 Å². The van der Waals surface area contributed by atoms with Crippen molar-refractivity contribution in [2.45, 2.75) is 46.0 Å². The van der Waals surface area contributed by atoms with Crippen LogP contribution < -0.4 is 0 Å². The molecule has 0 N–H and O–H groups in total. The van der Waals surface area contributed by atoms with Crippen LogP contribution in [-0.4, -0.2) is 4.98 Å². The summed E-state index contributed by atoms with van der Waals surface area (Å²) in [6, 6.07) is 17.6. The van der Waals surface area contributed by atoms with Gasteiger partial charge in [0.05, 0.1) is 0 Å². The van der Waals surface area contributed by atoms with E-state index in [-0.39, 0.29) is 0 Å². The summed E-state index contributed by atoms with van der Waals surface area (Å²) in [5.41, 5.74) is 5.64. The van der Waals surface area contributed by atoms with Crippen molar-refractivity contribution in [1.29, 1.82) is 0 Å². The molecule has 0 radical (unpaired) electrons. The first kappa shape index (κ1) is 15.7. The lowest BCUT2D eigenvalue weighted by molar-refractivity contribution is 0.826. The highest BCUT2D eigenvalue weighted by atomic mass is 14.7. The maximum absolute atomic E-state index is 4.68. The summed E-state index contributed by atoms with van der Waals surface area (Å²) in [7, 11) is 0. The lowest BCUT2D eigenvalue weighted by Crippen LogP contribution is -2.04. The molecule has 0 aliphatic heterocycles. The average molecular weight is 303 g/mol. The van der Waals surface area contributed by atoms with Gasteiger partial charge in [-0.3, -0.25) is 4.98 Å². The van der Waals surface area contributed by atoms with Crippen LogP contribution in [0.2, 0.25) is 0 Å². The van der Waals surface area contributed by atoms with E-state index in [0.717, 1.165) is 25.7 Å². The fraction of sp³-hybridized carbons (Fsp3) is 0.318. The SMILES string of the molecule is CCCc1c(CC)ccnc1CCc1ccc2ccccc2c1. The van der Waals surface area contributed by atoms with Crippen molar-refractivity contribution in [3.8, 4) is 0 Å². The molecule has 2 aromatic carbocycles. The zero-order valence-electron chi connectivity index (χ0n) is 14.2. The summed E-state index contributed by atoms with van der Waals surface area (Å²) in [6.07, 6.45) is 7.49. The molecule has 1 heteroatoms. The molecule has 118 valence electrons. The molecule has 0 aliphatic carbocycles. The first-order chi connectivity index (χ1) is 11.3. The van der Waals surface area contributed by atoms with Gasteiger partial charge in [0.1, 0.15) is 0 Å². The van der Waals surface area contributed by atoms with Crippen molar-refractivity contribution in [2.24, 2.45) is 0 Å². The van der Waals surface area contributed by atoms with E-state index in [2.05, 4.69) is 67.4 Å². The second kappa shape index (κ2) is 7.41. The number of nitrogens with zero attached hydrogens (tertiary/aromatic N) is 1. The highest BCUT2D eigenvalue weighted by Crippen LogP contribution is 2.20. The largest absolute Gasteiger partial charge is 0.261 e. The van der Waals surface area contributed by atoms with Gasteiger partial charge in [0.15, 0.2) is 0 Å². The van der Waals surface area contributed by atoms with Gasteiger partial charge in [-0.05, 0) is 59.2 Å². The molecular formula is C22H25N. The highest BCUT2D eigenvalue weighted by molar-refractivity contribution is 5.82. The van der Waals surface area contributed by atoms with Crippen LogP contribution in [0, 0.1) is 0 Å². The second-order valence-corrected chi connectivity index (χ2v) is 6.18. The number of hydrogen-bond donors (Lipinski definition) is 0. The Labute approximate surface area is 139 Å². The summed E-state index contributed by atoms with van der Waals surface area (Å²) in [6.45, 7) is 4.49. The van der Waals surface area contributed by atoms with E-state index < -0.39 is 0 Å². The third-order valence-corrected chi connectivity index (χ3v) is 4.59. The third kappa shape index (κ3) is 3.61. The fourth-order valence-corrected chi connectivity index (χ4v) is 3.34. The van der Waals surface area contributed by atoms with Crippen molar-refractivity contribution in [3.63, 3.8) is 0 Å². The smallest absolute Gasteiger partial charge is 0.0441 e. The zero-order valence-corrected chi connectivity index (χ0v) is 14.2. The molecule has 0 fully saturated rings. The Bertz CT molecular complexity index is 789. The van der Waals surface area contributed by atoms with Gasteiger partial charge in [0.25, 0.3) is 0 Å². The maximum atomic E-state index is 4.68. The van der Waals surface area contributed by atoms with Crippen LogP contribution in [-0.2, 0) is 25.7 Å². The number of benzene rings is 2. The fourth-order valence-electron chi connectivity index (χ4n) is 3.34. The van der Waals surface area contributed by atoms with E-state index >= 15 is 0 Å². The van der Waals surface area contributed by atoms with E-state index in [4.69, 9.17) is 0 Å². The van der Waals surface area contributed by atoms with Crippen molar-refractivity contribution in [3.05, 3.63) is 77.1 Å². The standard InChI is InChI=1S/C22H25N/c1-3-7-21-18(4-2)14-15-23-22(21)13-11-17-10-12-19-8-5-6-9-20(19)16-17/h5-6,8-10,12,14-16H,3-4,7,11,13H2,1-2H3. The van der Waals surface area contributed by atoms with Crippen molar-refractivity contribution >= 4 is 10.8 Å². The van der Waals surface area contributed by atoms with Crippen molar-refractivity contribution in [1.82, 2.24) is 4.98 Å². The molecule has 1 nitrogen and oxygen atoms in total. The molecule has 0 unspecified atom stereocenters. The average Bonchev–Trinajstić information content (AvgIpc) is 2.60. The Morgan fingerprint density at radius 2 is 1.65 bits per heavy atom. The number of fused-ring (bicyclic) bond motifs is 1. The highest BCUT2D eigenvalue weighted by Gasteiger charge is 2.08. The topological polar surface area (TPSA) is 12.9 Å². The van der Waals surface area contributed by atoms with Crippen LogP contribution in [0.15, 0.2) is 54.7 Å². The predicted molar refractivity (Wildman–Crippen MR) is 99.0 cm³/mol. The Morgan fingerprint density at radius 3 is 2.43 bits per heavy atom. The van der Waals surface area contributed by atoms with Crippen LogP contribution in [0.25, 0.3) is 10.8 Å². The molecule has 0 saturated heterocycles. The van der Waals surface area contributed by atoms with E-state index in [9.17, 15) is 0 Å². The summed E-state index contributed by atoms with van der Waals surface area (Å²) in [4.78, 5) is 4.68. The normalized spacial score (nSPS) is 11.0. The molecule has 0 aliphatic rings. The maximum Gasteiger partial charge on any atom is 0.0441 e. The van der Waals surface area contributed by atoms with Crippen LogP contribution in [0.5, 0.6) is 0 Å². The van der Waals surface area contributed by atoms with Gasteiger partial charge in [-0.25, -0.2) is 0 Å². The molecule has 0 bridgehead atoms. The number of aryl methyl sites for hydroxylation is 3. The Morgan fingerprint density at radius 1 is 0.826 bits per heavy atom. The number of hydrogen-bond acceptors (Lipinski definition) is 1. The van der Waals surface area contributed by atoms with E-state index in [1.807, 2.05) is 6.20 Å². The monoisotopic (exact) mass is 303 g/mol. The second-order valence-electron chi connectivity index (χ2n) is 6.18. The van der Waals surface area contributed by atoms with Gasteiger partial charge >= 0.3 is 0 Å². The van der Waals surface area contributed by atoms with Crippen molar-refractivity contribution < 1.29 is 0 Å². The Hall–Kier alpha value is -2.15. The summed E-state index contributed by atoms with van der Waals surface area (Å²) < 4.78 is 0. The Kier molecular flexibility index (Phi) is 5.07. The summed E-state index contributed by atoms with van der Waals surface area (Å²) in [5.74, 6) is 0. The Balaban J connectivity index is 1.81. The first-order valence-electron chi connectivity index (χ1n) is 8.75. The van der Waals surface area contributed by atoms with Gasteiger partial charge in [-0.2, -0.15) is 0 Å². The van der Waals surface area contributed by atoms with E-state index in [1.54, 1.807) is 0 Å². The number of aromatic nitrogens is 1.